The van der Waals surface area contributed by atoms with Crippen molar-refractivity contribution in [3.05, 3.63) is 48.6 Å². The zero-order valence-electron chi connectivity index (χ0n) is 16.7. The van der Waals surface area contributed by atoms with E-state index in [-0.39, 0.29) is 23.0 Å². The minimum absolute atomic E-state index is 0.0703. The van der Waals surface area contributed by atoms with E-state index >= 15 is 0 Å². The summed E-state index contributed by atoms with van der Waals surface area (Å²) in [6.45, 7) is 17.5. The van der Waals surface area contributed by atoms with Gasteiger partial charge in [-0.05, 0) is 37.0 Å². The van der Waals surface area contributed by atoms with Crippen molar-refractivity contribution in [3.8, 4) is 0 Å². The summed E-state index contributed by atoms with van der Waals surface area (Å²) in [6.07, 6.45) is 2.89. The Morgan fingerprint density at radius 3 is 2.32 bits per heavy atom. The highest BCUT2D eigenvalue weighted by Crippen LogP contribution is 2.42. The monoisotopic (exact) mass is 362 g/mol. The maximum Gasteiger partial charge on any atom is 0.305 e. The summed E-state index contributed by atoms with van der Waals surface area (Å²) in [6, 6.07) is 10.3. The maximum absolute atomic E-state index is 11.8. The molecule has 0 aliphatic heterocycles. The average Bonchev–Trinajstić information content (AvgIpc) is 2.54. The molecular formula is C21H34O3Si. The van der Waals surface area contributed by atoms with E-state index in [1.54, 1.807) is 0 Å². The van der Waals surface area contributed by atoms with Crippen LogP contribution in [0.15, 0.2) is 43.0 Å². The van der Waals surface area contributed by atoms with Gasteiger partial charge in [0.2, 0.25) is 0 Å². The number of carbonyl (C=O) groups excluding carboxylic acids is 1. The Morgan fingerprint density at radius 1 is 1.24 bits per heavy atom. The molecule has 0 N–H and O–H groups in total. The lowest BCUT2D eigenvalue weighted by Gasteiger charge is -2.41. The van der Waals surface area contributed by atoms with Gasteiger partial charge in [-0.2, -0.15) is 0 Å². The van der Waals surface area contributed by atoms with Gasteiger partial charge >= 0.3 is 5.97 Å². The van der Waals surface area contributed by atoms with Gasteiger partial charge in [0.05, 0.1) is 12.7 Å². The van der Waals surface area contributed by atoms with Crippen molar-refractivity contribution in [2.75, 3.05) is 6.61 Å². The maximum atomic E-state index is 11.8. The molecule has 1 rings (SSSR count). The summed E-state index contributed by atoms with van der Waals surface area (Å²) in [5.74, 6) is -0.0885. The standard InChI is InChI=1S/C21H34O3Si/c1-8-17(15-16-19(22)23-9-2)20(18-13-11-10-12-14-18)24-25(6,7)21(3,4)5/h8,10-14,17,20H,1,9,15-16H2,2-7H3. The van der Waals surface area contributed by atoms with Crippen molar-refractivity contribution in [1.29, 1.82) is 0 Å². The van der Waals surface area contributed by atoms with Gasteiger partial charge in [0.15, 0.2) is 8.32 Å². The van der Waals surface area contributed by atoms with Gasteiger partial charge in [-0.3, -0.25) is 4.79 Å². The second kappa shape index (κ2) is 9.34. The third-order valence-electron chi connectivity index (χ3n) is 5.03. The lowest BCUT2D eigenvalue weighted by Crippen LogP contribution is -2.43. The number of hydrogen-bond acceptors (Lipinski definition) is 3. The number of esters is 1. The van der Waals surface area contributed by atoms with Crippen LogP contribution in [-0.4, -0.2) is 20.9 Å². The second-order valence-corrected chi connectivity index (χ2v) is 12.7. The van der Waals surface area contributed by atoms with Crippen LogP contribution >= 0.6 is 0 Å². The highest BCUT2D eigenvalue weighted by molar-refractivity contribution is 6.74. The topological polar surface area (TPSA) is 35.5 Å². The van der Waals surface area contributed by atoms with Gasteiger partial charge in [0.25, 0.3) is 0 Å². The van der Waals surface area contributed by atoms with E-state index in [0.717, 1.165) is 5.56 Å². The van der Waals surface area contributed by atoms with E-state index in [1.807, 2.05) is 31.2 Å². The van der Waals surface area contributed by atoms with Crippen molar-refractivity contribution < 1.29 is 14.0 Å². The fourth-order valence-corrected chi connectivity index (χ4v) is 3.75. The zero-order chi connectivity index (χ0) is 19.1. The summed E-state index contributed by atoms with van der Waals surface area (Å²) < 4.78 is 11.8. The van der Waals surface area contributed by atoms with Gasteiger partial charge in [0, 0.05) is 12.3 Å². The van der Waals surface area contributed by atoms with Crippen LogP contribution in [-0.2, 0) is 14.0 Å². The normalized spacial score (nSPS) is 14.6. The predicted molar refractivity (Wildman–Crippen MR) is 107 cm³/mol. The van der Waals surface area contributed by atoms with Crippen molar-refractivity contribution in [2.24, 2.45) is 5.92 Å². The van der Waals surface area contributed by atoms with E-state index in [4.69, 9.17) is 9.16 Å². The Kier molecular flexibility index (Phi) is 8.09. The molecule has 4 heteroatoms. The summed E-state index contributed by atoms with van der Waals surface area (Å²) in [5, 5.41) is 0.118. The zero-order valence-corrected chi connectivity index (χ0v) is 17.7. The summed E-state index contributed by atoms with van der Waals surface area (Å²) in [4.78, 5) is 11.8. The van der Waals surface area contributed by atoms with Crippen molar-refractivity contribution in [1.82, 2.24) is 0 Å². The third kappa shape index (κ3) is 6.44. The van der Waals surface area contributed by atoms with Crippen LogP contribution in [0.2, 0.25) is 18.1 Å². The van der Waals surface area contributed by atoms with Crippen LogP contribution in [0.4, 0.5) is 0 Å². The molecule has 3 nitrogen and oxygen atoms in total. The minimum atomic E-state index is -1.97. The molecule has 0 aliphatic rings. The van der Waals surface area contributed by atoms with Crippen LogP contribution in [0.25, 0.3) is 0 Å². The van der Waals surface area contributed by atoms with Crippen LogP contribution in [0.3, 0.4) is 0 Å². The molecule has 0 saturated heterocycles. The molecule has 0 saturated carbocycles. The number of rotatable bonds is 9. The number of hydrogen-bond donors (Lipinski definition) is 0. The van der Waals surface area contributed by atoms with Gasteiger partial charge in [-0.15, -0.1) is 6.58 Å². The van der Waals surface area contributed by atoms with Crippen LogP contribution in [0.5, 0.6) is 0 Å². The van der Waals surface area contributed by atoms with E-state index in [9.17, 15) is 4.79 Å². The molecule has 0 bridgehead atoms. The Morgan fingerprint density at radius 2 is 1.84 bits per heavy atom. The quantitative estimate of drug-likeness (QED) is 0.312. The second-order valence-electron chi connectivity index (χ2n) is 7.95. The van der Waals surface area contributed by atoms with Gasteiger partial charge in [0.1, 0.15) is 0 Å². The fraction of sp³-hybridized carbons (Fsp3) is 0.571. The van der Waals surface area contributed by atoms with E-state index in [1.165, 1.54) is 0 Å². The Hall–Kier alpha value is -1.39. The Balaban J connectivity index is 3.04. The summed E-state index contributed by atoms with van der Waals surface area (Å²) in [5.41, 5.74) is 1.14. The molecular weight excluding hydrogens is 328 g/mol. The largest absolute Gasteiger partial charge is 0.466 e. The smallest absolute Gasteiger partial charge is 0.305 e. The molecule has 0 aromatic heterocycles. The Labute approximate surface area is 154 Å². The highest BCUT2D eigenvalue weighted by atomic mass is 28.4. The molecule has 0 heterocycles. The molecule has 0 spiro atoms. The third-order valence-corrected chi connectivity index (χ3v) is 9.49. The van der Waals surface area contributed by atoms with Crippen LogP contribution in [0, 0.1) is 5.92 Å². The lowest BCUT2D eigenvalue weighted by atomic mass is 9.92. The fourth-order valence-electron chi connectivity index (χ4n) is 2.45. The molecule has 1 aromatic carbocycles. The van der Waals surface area contributed by atoms with Crippen molar-refractivity contribution >= 4 is 14.3 Å². The lowest BCUT2D eigenvalue weighted by molar-refractivity contribution is -0.143. The first kappa shape index (κ1) is 21.6. The SMILES string of the molecule is C=CC(CCC(=O)OCC)C(O[Si](C)(C)C(C)(C)C)c1ccccc1. The first-order chi connectivity index (χ1) is 11.6. The number of benzene rings is 1. The molecule has 0 radical (unpaired) electrons. The number of carbonyl (C=O) groups is 1. The number of ether oxygens (including phenoxy) is 1. The van der Waals surface area contributed by atoms with Crippen molar-refractivity contribution in [2.45, 2.75) is 64.8 Å². The molecule has 1 aromatic rings. The molecule has 0 fully saturated rings. The molecule has 2 atom stereocenters. The summed E-state index contributed by atoms with van der Waals surface area (Å²) in [7, 11) is -1.97. The first-order valence-electron chi connectivity index (χ1n) is 9.13. The van der Waals surface area contributed by atoms with Crippen LogP contribution < -0.4 is 0 Å². The van der Waals surface area contributed by atoms with Gasteiger partial charge in [-0.1, -0.05) is 57.2 Å². The van der Waals surface area contributed by atoms with Gasteiger partial charge < -0.3 is 9.16 Å². The molecule has 140 valence electrons. The molecule has 0 aliphatic carbocycles. The summed E-state index contributed by atoms with van der Waals surface area (Å²) >= 11 is 0. The predicted octanol–water partition coefficient (Wildman–Crippen LogP) is 5.90. The van der Waals surface area contributed by atoms with E-state index < -0.39 is 8.32 Å². The van der Waals surface area contributed by atoms with Gasteiger partial charge in [-0.25, -0.2) is 0 Å². The highest BCUT2D eigenvalue weighted by Gasteiger charge is 2.40. The average molecular weight is 363 g/mol. The molecule has 0 amide bonds. The van der Waals surface area contributed by atoms with E-state index in [0.29, 0.717) is 19.4 Å². The molecule has 2 unspecified atom stereocenters. The Bertz CT molecular complexity index is 546. The van der Waals surface area contributed by atoms with E-state index in [2.05, 4.69) is 52.6 Å². The van der Waals surface area contributed by atoms with Crippen LogP contribution in [0.1, 0.15) is 52.2 Å². The molecule has 25 heavy (non-hydrogen) atoms. The minimum Gasteiger partial charge on any atom is -0.466 e. The first-order valence-corrected chi connectivity index (χ1v) is 12.0. The van der Waals surface area contributed by atoms with Crippen molar-refractivity contribution in [3.63, 3.8) is 0 Å².